The van der Waals surface area contributed by atoms with Crippen molar-refractivity contribution in [2.24, 2.45) is 0 Å². The van der Waals surface area contributed by atoms with Gasteiger partial charge in [0.2, 0.25) is 5.76 Å². The molecule has 0 saturated heterocycles. The van der Waals surface area contributed by atoms with Crippen molar-refractivity contribution in [2.45, 2.75) is 6.54 Å². The average molecular weight is 303 g/mol. The molecule has 1 amide bonds. The topological polar surface area (TPSA) is 125 Å². The molecule has 0 bridgehead atoms. The van der Waals surface area contributed by atoms with Gasteiger partial charge in [-0.25, -0.2) is 0 Å². The lowest BCUT2D eigenvalue weighted by atomic mass is 10.3. The van der Waals surface area contributed by atoms with Crippen LogP contribution in [0.15, 0.2) is 50.0 Å². The van der Waals surface area contributed by atoms with Crippen molar-refractivity contribution in [3.05, 3.63) is 58.2 Å². The maximum absolute atomic E-state index is 11.8. The maximum atomic E-state index is 11.8. The molecular weight excluding hydrogens is 294 g/mol. The third kappa shape index (κ3) is 2.73. The summed E-state index contributed by atoms with van der Waals surface area (Å²) in [7, 11) is 0. The van der Waals surface area contributed by atoms with Gasteiger partial charge in [0, 0.05) is 6.07 Å². The minimum absolute atomic E-state index is 0.0809. The smallest absolute Gasteiger partial charge is 0.433 e. The van der Waals surface area contributed by atoms with E-state index in [0.29, 0.717) is 17.2 Å². The molecule has 3 rings (SSSR count). The molecule has 0 radical (unpaired) electrons. The van der Waals surface area contributed by atoms with E-state index in [0.717, 1.165) is 6.07 Å². The Bertz CT molecular complexity index is 801. The number of carbonyl (C=O) groups excluding carboxylic acids is 1. The molecule has 0 saturated carbocycles. The van der Waals surface area contributed by atoms with E-state index in [1.165, 1.54) is 12.3 Å². The standard InChI is InChI=1S/C13H9N3O6/c17-13(10-3-4-12(21-10)16(18)19)14-7-8-6-11(22-15-8)9-2-1-5-20-9/h1-6H,7H2,(H,14,17). The molecule has 0 fully saturated rings. The van der Waals surface area contributed by atoms with Gasteiger partial charge in [-0.3, -0.25) is 14.9 Å². The van der Waals surface area contributed by atoms with Gasteiger partial charge in [-0.2, -0.15) is 0 Å². The van der Waals surface area contributed by atoms with Crippen molar-refractivity contribution < 1.29 is 23.1 Å². The molecule has 3 heterocycles. The Balaban J connectivity index is 1.62. The van der Waals surface area contributed by atoms with E-state index in [1.807, 2.05) is 0 Å². The van der Waals surface area contributed by atoms with Gasteiger partial charge >= 0.3 is 5.88 Å². The zero-order valence-corrected chi connectivity index (χ0v) is 11.0. The van der Waals surface area contributed by atoms with Gasteiger partial charge < -0.3 is 18.7 Å². The first kappa shape index (κ1) is 13.6. The first-order chi connectivity index (χ1) is 10.6. The third-order valence-electron chi connectivity index (χ3n) is 2.75. The van der Waals surface area contributed by atoms with Crippen LogP contribution in [0.4, 0.5) is 5.88 Å². The van der Waals surface area contributed by atoms with Crippen LogP contribution in [-0.4, -0.2) is 16.0 Å². The highest BCUT2D eigenvalue weighted by atomic mass is 16.6. The monoisotopic (exact) mass is 303 g/mol. The first-order valence-electron chi connectivity index (χ1n) is 6.15. The van der Waals surface area contributed by atoms with Gasteiger partial charge in [0.1, 0.15) is 10.6 Å². The van der Waals surface area contributed by atoms with Crippen LogP contribution in [0, 0.1) is 10.1 Å². The minimum Gasteiger partial charge on any atom is -0.461 e. The van der Waals surface area contributed by atoms with E-state index in [1.54, 1.807) is 18.2 Å². The molecule has 3 aromatic heterocycles. The van der Waals surface area contributed by atoms with Crippen molar-refractivity contribution in [1.29, 1.82) is 0 Å². The lowest BCUT2D eigenvalue weighted by Gasteiger charge is -1.98. The number of furan rings is 2. The second-order valence-electron chi connectivity index (χ2n) is 4.24. The van der Waals surface area contributed by atoms with Gasteiger partial charge in [0.05, 0.1) is 18.9 Å². The zero-order valence-electron chi connectivity index (χ0n) is 11.0. The van der Waals surface area contributed by atoms with Crippen molar-refractivity contribution in [3.8, 4) is 11.5 Å². The summed E-state index contributed by atoms with van der Waals surface area (Å²) < 4.78 is 15.0. The molecule has 22 heavy (non-hydrogen) atoms. The highest BCUT2D eigenvalue weighted by Crippen LogP contribution is 2.20. The molecule has 9 heteroatoms. The Morgan fingerprint density at radius 3 is 2.86 bits per heavy atom. The fraction of sp³-hybridized carbons (Fsp3) is 0.0769. The van der Waals surface area contributed by atoms with Crippen LogP contribution in [0.1, 0.15) is 16.2 Å². The summed E-state index contributed by atoms with van der Waals surface area (Å²) in [4.78, 5) is 21.5. The van der Waals surface area contributed by atoms with Crippen LogP contribution in [0.3, 0.4) is 0 Å². The Kier molecular flexibility index (Phi) is 3.44. The quantitative estimate of drug-likeness (QED) is 0.566. The van der Waals surface area contributed by atoms with Gasteiger partial charge in [-0.05, 0) is 18.2 Å². The number of hydrogen-bond donors (Lipinski definition) is 1. The number of hydrogen-bond acceptors (Lipinski definition) is 7. The van der Waals surface area contributed by atoms with Crippen molar-refractivity contribution >= 4 is 11.8 Å². The van der Waals surface area contributed by atoms with Crippen LogP contribution in [0.5, 0.6) is 0 Å². The number of nitro groups is 1. The van der Waals surface area contributed by atoms with Crippen LogP contribution < -0.4 is 5.32 Å². The summed E-state index contributed by atoms with van der Waals surface area (Å²) in [5.41, 5.74) is 0.473. The van der Waals surface area contributed by atoms with E-state index in [-0.39, 0.29) is 12.3 Å². The molecule has 112 valence electrons. The molecule has 0 atom stereocenters. The molecule has 0 spiro atoms. The van der Waals surface area contributed by atoms with E-state index in [2.05, 4.69) is 10.5 Å². The second-order valence-corrected chi connectivity index (χ2v) is 4.24. The van der Waals surface area contributed by atoms with Crippen LogP contribution in [0.25, 0.3) is 11.5 Å². The molecule has 0 aliphatic rings. The third-order valence-corrected chi connectivity index (χ3v) is 2.75. The van der Waals surface area contributed by atoms with E-state index < -0.39 is 16.7 Å². The summed E-state index contributed by atoms with van der Waals surface area (Å²) in [5, 5.41) is 16.8. The molecule has 1 N–H and O–H groups in total. The van der Waals surface area contributed by atoms with Crippen molar-refractivity contribution in [2.75, 3.05) is 0 Å². The number of rotatable bonds is 5. The summed E-state index contributed by atoms with van der Waals surface area (Å²) in [5.74, 6) is -0.279. The van der Waals surface area contributed by atoms with Gasteiger partial charge in [0.25, 0.3) is 5.91 Å². The molecule has 3 aromatic rings. The molecule has 0 aromatic carbocycles. The summed E-state index contributed by atoms with van der Waals surface area (Å²) in [6, 6.07) is 7.38. The second kappa shape index (κ2) is 5.56. The van der Waals surface area contributed by atoms with Crippen molar-refractivity contribution in [1.82, 2.24) is 10.5 Å². The fourth-order valence-electron chi connectivity index (χ4n) is 1.74. The lowest BCUT2D eigenvalue weighted by Crippen LogP contribution is -2.22. The maximum Gasteiger partial charge on any atom is 0.433 e. The van der Waals surface area contributed by atoms with E-state index in [4.69, 9.17) is 13.4 Å². The summed E-state index contributed by atoms with van der Waals surface area (Å²) in [6.45, 7) is 0.0809. The molecule has 0 aliphatic heterocycles. The van der Waals surface area contributed by atoms with Gasteiger partial charge in [-0.1, -0.05) is 5.16 Å². The molecule has 9 nitrogen and oxygen atoms in total. The highest BCUT2D eigenvalue weighted by molar-refractivity contribution is 5.91. The SMILES string of the molecule is O=C(NCc1cc(-c2ccco2)on1)c1ccc([N+](=O)[O-])o1. The number of nitrogens with one attached hydrogen (secondary N) is 1. The predicted molar refractivity (Wildman–Crippen MR) is 70.7 cm³/mol. The number of nitrogens with zero attached hydrogens (tertiary/aromatic N) is 2. The molecular formula is C13H9N3O6. The molecule has 0 unspecified atom stereocenters. The minimum atomic E-state index is -0.718. The van der Waals surface area contributed by atoms with Crippen LogP contribution in [-0.2, 0) is 6.54 Å². The normalized spacial score (nSPS) is 10.5. The highest BCUT2D eigenvalue weighted by Gasteiger charge is 2.17. The average Bonchev–Trinajstić information content (AvgIpc) is 3.23. The Morgan fingerprint density at radius 1 is 1.32 bits per heavy atom. The summed E-state index contributed by atoms with van der Waals surface area (Å²) in [6.07, 6.45) is 1.50. The molecule has 0 aliphatic carbocycles. The largest absolute Gasteiger partial charge is 0.461 e. The first-order valence-corrected chi connectivity index (χ1v) is 6.15. The van der Waals surface area contributed by atoms with Gasteiger partial charge in [-0.15, -0.1) is 0 Å². The number of carbonyl (C=O) groups is 1. The lowest BCUT2D eigenvalue weighted by molar-refractivity contribution is -0.402. The number of aromatic nitrogens is 1. The van der Waals surface area contributed by atoms with Crippen LogP contribution in [0.2, 0.25) is 0 Å². The van der Waals surface area contributed by atoms with Crippen molar-refractivity contribution in [3.63, 3.8) is 0 Å². The van der Waals surface area contributed by atoms with E-state index >= 15 is 0 Å². The Hall–Kier alpha value is -3.36. The zero-order chi connectivity index (χ0) is 15.5. The van der Waals surface area contributed by atoms with E-state index in [9.17, 15) is 14.9 Å². The number of amides is 1. The predicted octanol–water partition coefficient (Wildman–Crippen LogP) is 2.37. The van der Waals surface area contributed by atoms with Crippen LogP contribution >= 0.6 is 0 Å². The fourth-order valence-corrected chi connectivity index (χ4v) is 1.74. The Labute approximate surface area is 122 Å². The Morgan fingerprint density at radius 2 is 2.18 bits per heavy atom. The summed E-state index contributed by atoms with van der Waals surface area (Å²) >= 11 is 0. The van der Waals surface area contributed by atoms with Gasteiger partial charge in [0.15, 0.2) is 11.5 Å².